The Morgan fingerprint density at radius 3 is 2.00 bits per heavy atom. The standard InChI is InChI=1S/C30H30F8N2O5S/c1-26(11-9-17(10-12-26)24(41)42)25(43)40-14-13-27(46(44,45)20-6-4-19(31)5-7-20)21-8-3-18(15-22(21)39(2)16-23(27)40)28(32,29(33,34)35)30(36,37)38/h3-8,15,17,23H,9-14,16H2,1-2H3,(H,41,42)/t17-,23?,26-,27?. The highest BCUT2D eigenvalue weighted by atomic mass is 32.2. The molecule has 46 heavy (non-hydrogen) atoms. The minimum Gasteiger partial charge on any atom is -0.481 e. The number of likely N-dealkylation sites (tertiary alicyclic amines) is 1. The van der Waals surface area contributed by atoms with E-state index in [1.54, 1.807) is 6.92 Å². The second-order valence-electron chi connectivity index (χ2n) is 12.6. The summed E-state index contributed by atoms with van der Waals surface area (Å²) in [5.41, 5.74) is -9.27. The molecule has 2 heterocycles. The number of halogens is 8. The van der Waals surface area contributed by atoms with E-state index in [0.717, 1.165) is 30.3 Å². The average Bonchev–Trinajstić information content (AvgIpc) is 3.36. The molecule has 1 amide bonds. The molecule has 2 atom stereocenters. The maximum atomic E-state index is 15.1. The molecule has 3 aliphatic rings. The molecule has 2 aromatic carbocycles. The van der Waals surface area contributed by atoms with Crippen molar-refractivity contribution in [1.82, 2.24) is 4.90 Å². The number of fused-ring (bicyclic) bond motifs is 3. The summed E-state index contributed by atoms with van der Waals surface area (Å²) in [6.07, 6.45) is -12.4. The smallest absolute Gasteiger partial charge is 0.435 e. The van der Waals surface area contributed by atoms with Crippen LogP contribution in [0, 0.1) is 17.2 Å². The Morgan fingerprint density at radius 2 is 1.48 bits per heavy atom. The van der Waals surface area contributed by atoms with Gasteiger partial charge in [-0.1, -0.05) is 19.1 Å². The molecular weight excluding hydrogens is 652 g/mol. The Kier molecular flexibility index (Phi) is 7.97. The van der Waals surface area contributed by atoms with Gasteiger partial charge in [0.15, 0.2) is 9.84 Å². The Bertz CT molecular complexity index is 1640. The molecule has 2 aliphatic heterocycles. The fourth-order valence-corrected chi connectivity index (χ4v) is 9.57. The van der Waals surface area contributed by atoms with Crippen LogP contribution >= 0.6 is 0 Å². The van der Waals surface area contributed by atoms with E-state index < -0.39 is 83.8 Å². The van der Waals surface area contributed by atoms with Crippen LogP contribution in [-0.4, -0.2) is 68.8 Å². The van der Waals surface area contributed by atoms with Crippen LogP contribution in [-0.2, 0) is 29.8 Å². The van der Waals surface area contributed by atoms with Crippen LogP contribution in [0.15, 0.2) is 47.4 Å². The normalized spacial score (nSPS) is 27.3. The number of carboxylic acid groups (broad SMARTS) is 1. The second kappa shape index (κ2) is 10.8. The van der Waals surface area contributed by atoms with Gasteiger partial charge in [-0.2, -0.15) is 26.3 Å². The van der Waals surface area contributed by atoms with Crippen LogP contribution in [0.4, 0.5) is 40.8 Å². The molecule has 1 saturated carbocycles. The molecule has 1 N–H and O–H groups in total. The number of amides is 1. The van der Waals surface area contributed by atoms with Crippen molar-refractivity contribution >= 4 is 27.4 Å². The molecule has 0 aromatic heterocycles. The third-order valence-electron chi connectivity index (χ3n) is 9.95. The van der Waals surface area contributed by atoms with Crippen molar-refractivity contribution in [3.8, 4) is 0 Å². The number of aliphatic carboxylic acids is 1. The van der Waals surface area contributed by atoms with Gasteiger partial charge in [0.25, 0.3) is 0 Å². The van der Waals surface area contributed by atoms with Crippen molar-refractivity contribution < 1.29 is 58.2 Å². The van der Waals surface area contributed by atoms with E-state index in [1.165, 1.54) is 16.8 Å². The maximum Gasteiger partial charge on any atom is 0.435 e. The van der Waals surface area contributed by atoms with Crippen LogP contribution in [0.25, 0.3) is 0 Å². The number of nitrogens with zero attached hydrogens (tertiary/aromatic N) is 2. The maximum absolute atomic E-state index is 15.1. The fraction of sp³-hybridized carbons (Fsp3) is 0.533. The van der Waals surface area contributed by atoms with E-state index in [2.05, 4.69) is 0 Å². The summed E-state index contributed by atoms with van der Waals surface area (Å²) in [4.78, 5) is 27.8. The zero-order chi connectivity index (χ0) is 34.3. The Morgan fingerprint density at radius 1 is 0.913 bits per heavy atom. The van der Waals surface area contributed by atoms with Crippen LogP contribution in [0.3, 0.4) is 0 Å². The zero-order valence-electron chi connectivity index (χ0n) is 24.6. The van der Waals surface area contributed by atoms with E-state index in [9.17, 15) is 53.8 Å². The molecule has 0 bridgehead atoms. The number of alkyl halides is 7. The molecule has 1 aliphatic carbocycles. The Balaban J connectivity index is 1.68. The summed E-state index contributed by atoms with van der Waals surface area (Å²) in [5.74, 6) is -2.90. The lowest BCUT2D eigenvalue weighted by atomic mass is 9.70. The number of benzene rings is 2. The van der Waals surface area contributed by atoms with E-state index in [1.807, 2.05) is 0 Å². The summed E-state index contributed by atoms with van der Waals surface area (Å²) >= 11 is 0. The summed E-state index contributed by atoms with van der Waals surface area (Å²) in [6, 6.07) is 3.82. The van der Waals surface area contributed by atoms with Crippen LogP contribution in [0.1, 0.15) is 50.2 Å². The largest absolute Gasteiger partial charge is 0.481 e. The third-order valence-corrected chi connectivity index (χ3v) is 12.5. The quantitative estimate of drug-likeness (QED) is 0.302. The number of carbonyl (C=O) groups excluding carboxylic acids is 1. The Hall–Kier alpha value is -3.43. The lowest BCUT2D eigenvalue weighted by Crippen LogP contribution is -2.59. The zero-order valence-corrected chi connectivity index (χ0v) is 25.4. The lowest BCUT2D eigenvalue weighted by molar-refractivity contribution is -0.348. The molecule has 0 radical (unpaired) electrons. The van der Waals surface area contributed by atoms with E-state index in [4.69, 9.17) is 0 Å². The van der Waals surface area contributed by atoms with Gasteiger partial charge in [0.1, 0.15) is 10.6 Å². The molecule has 2 unspecified atom stereocenters. The monoisotopic (exact) mass is 682 g/mol. The predicted octanol–water partition coefficient (Wildman–Crippen LogP) is 6.12. The van der Waals surface area contributed by atoms with Gasteiger partial charge in [-0.25, -0.2) is 17.2 Å². The molecule has 2 aromatic rings. The number of hydrogen-bond acceptors (Lipinski definition) is 5. The fourth-order valence-electron chi connectivity index (χ4n) is 7.27. The minimum atomic E-state index is -6.40. The first kappa shape index (κ1) is 33.9. The van der Waals surface area contributed by atoms with Crippen molar-refractivity contribution in [1.29, 1.82) is 0 Å². The first-order chi connectivity index (χ1) is 21.1. The molecular formula is C30H30F8N2O5S. The summed E-state index contributed by atoms with van der Waals surface area (Å²) in [6.45, 7) is 1.10. The highest BCUT2D eigenvalue weighted by Crippen LogP contribution is 2.58. The first-order valence-corrected chi connectivity index (χ1v) is 15.8. The lowest BCUT2D eigenvalue weighted by Gasteiger charge is -2.48. The molecule has 1 saturated heterocycles. The number of sulfone groups is 1. The molecule has 16 heteroatoms. The molecule has 2 fully saturated rings. The van der Waals surface area contributed by atoms with Gasteiger partial charge >= 0.3 is 24.0 Å². The van der Waals surface area contributed by atoms with E-state index in [0.29, 0.717) is 6.07 Å². The number of rotatable bonds is 5. The van der Waals surface area contributed by atoms with E-state index >= 15 is 4.39 Å². The van der Waals surface area contributed by atoms with Gasteiger partial charge in [0.2, 0.25) is 5.91 Å². The van der Waals surface area contributed by atoms with Crippen molar-refractivity contribution in [2.24, 2.45) is 11.3 Å². The van der Waals surface area contributed by atoms with Crippen molar-refractivity contribution in [3.63, 3.8) is 0 Å². The summed E-state index contributed by atoms with van der Waals surface area (Å²) in [7, 11) is -3.38. The van der Waals surface area contributed by atoms with Crippen LogP contribution in [0.5, 0.6) is 0 Å². The predicted molar refractivity (Wildman–Crippen MR) is 148 cm³/mol. The second-order valence-corrected chi connectivity index (χ2v) is 14.8. The topological polar surface area (TPSA) is 95.0 Å². The number of anilines is 1. The number of carbonyl (C=O) groups is 2. The van der Waals surface area contributed by atoms with Gasteiger partial charge in [-0.15, -0.1) is 0 Å². The van der Waals surface area contributed by atoms with Crippen molar-refractivity contribution in [2.75, 3.05) is 25.0 Å². The first-order valence-electron chi connectivity index (χ1n) is 14.3. The van der Waals surface area contributed by atoms with Gasteiger partial charge in [-0.3, -0.25) is 9.59 Å². The minimum absolute atomic E-state index is 0.172. The van der Waals surface area contributed by atoms with Crippen LogP contribution in [0.2, 0.25) is 0 Å². The third kappa shape index (κ3) is 4.84. The van der Waals surface area contributed by atoms with Crippen LogP contribution < -0.4 is 4.90 Å². The number of likely N-dealkylation sites (N-methyl/N-ethyl adjacent to an activating group) is 1. The summed E-state index contributed by atoms with van der Waals surface area (Å²) in [5, 5.41) is 9.40. The molecule has 7 nitrogen and oxygen atoms in total. The number of hydrogen-bond donors (Lipinski definition) is 1. The Labute approximate surface area is 259 Å². The van der Waals surface area contributed by atoms with E-state index in [-0.39, 0.29) is 56.8 Å². The van der Waals surface area contributed by atoms with Crippen molar-refractivity contribution in [2.45, 2.75) is 72.7 Å². The van der Waals surface area contributed by atoms with Gasteiger partial charge in [0, 0.05) is 36.8 Å². The average molecular weight is 683 g/mol. The van der Waals surface area contributed by atoms with Crippen molar-refractivity contribution in [3.05, 3.63) is 59.4 Å². The SMILES string of the molecule is CN1CC2N(C(=O)[C@]3(C)CC[C@@H](C(=O)O)CC3)CCC2(S(=O)(=O)c2ccc(F)cc2)c2ccc(C(F)(C(F)(F)F)C(F)(F)F)cc21. The summed E-state index contributed by atoms with van der Waals surface area (Å²) < 4.78 is 138. The van der Waals surface area contributed by atoms with Gasteiger partial charge < -0.3 is 14.9 Å². The highest BCUT2D eigenvalue weighted by molar-refractivity contribution is 7.92. The molecule has 0 spiro atoms. The molecule has 5 rings (SSSR count). The highest BCUT2D eigenvalue weighted by Gasteiger charge is 2.74. The molecule has 252 valence electrons. The van der Waals surface area contributed by atoms with Gasteiger partial charge in [0.05, 0.1) is 16.9 Å². The van der Waals surface area contributed by atoms with Gasteiger partial charge in [-0.05, 0) is 68.0 Å². The number of carboxylic acids is 1.